The minimum atomic E-state index is -1.37. The Morgan fingerprint density at radius 1 is 0.342 bits per heavy atom. The lowest BCUT2D eigenvalue weighted by atomic mass is 9.88. The number of amides is 9. The predicted molar refractivity (Wildman–Crippen MR) is 422 cm³/mol. The van der Waals surface area contributed by atoms with Crippen LogP contribution in [0.2, 0.25) is 0 Å². The summed E-state index contributed by atoms with van der Waals surface area (Å²) in [6.07, 6.45) is -1.94. The molecule has 0 aromatic heterocycles. The summed E-state index contributed by atoms with van der Waals surface area (Å²) in [6, 6.07) is 25.1. The highest BCUT2D eigenvalue weighted by atomic mass is 16.5. The third-order valence-electron chi connectivity index (χ3n) is 17.8. The average Bonchev–Trinajstić information content (AvgIpc) is 0.852. The van der Waals surface area contributed by atoms with E-state index in [0.29, 0.717) is 61.9 Å². The molecule has 0 radical (unpaired) electrons. The first-order chi connectivity index (χ1) is 56.1. The van der Waals surface area contributed by atoms with Crippen LogP contribution in [0.25, 0.3) is 0 Å². The van der Waals surface area contributed by atoms with Crippen LogP contribution >= 0.6 is 0 Å². The van der Waals surface area contributed by atoms with Crippen molar-refractivity contribution in [2.45, 2.75) is 174 Å². The molecule has 0 heterocycles. The molecule has 0 aliphatic rings. The van der Waals surface area contributed by atoms with Gasteiger partial charge in [-0.25, -0.2) is 21.9 Å². The summed E-state index contributed by atoms with van der Waals surface area (Å²) < 4.78 is 31.4. The lowest BCUT2D eigenvalue weighted by molar-refractivity contribution is -0.136. The molecule has 9 amide bonds. The van der Waals surface area contributed by atoms with E-state index in [-0.39, 0.29) is 147 Å². The van der Waals surface area contributed by atoms with Crippen molar-refractivity contribution in [3.63, 3.8) is 0 Å². The Kier molecular flexibility index (Phi) is 54.4. The summed E-state index contributed by atoms with van der Waals surface area (Å²) >= 11 is 0. The van der Waals surface area contributed by atoms with Gasteiger partial charge in [0.05, 0.1) is 83.6 Å². The lowest BCUT2D eigenvalue weighted by Gasteiger charge is -2.25. The maximum absolute atomic E-state index is 14.1. The quantitative estimate of drug-likeness (QED) is 0.0169. The highest BCUT2D eigenvalue weighted by molar-refractivity contribution is 5.98. The normalized spacial score (nSPS) is 12.8. The van der Waals surface area contributed by atoms with Crippen molar-refractivity contribution in [1.29, 1.82) is 0 Å². The molecule has 0 saturated heterocycles. The molecule has 0 fully saturated rings. The number of aromatic hydroxyl groups is 2. The molecule has 35 heteroatoms. The van der Waals surface area contributed by atoms with Crippen LogP contribution in [-0.2, 0) is 121 Å². The van der Waals surface area contributed by atoms with Crippen molar-refractivity contribution < 1.29 is 127 Å². The maximum atomic E-state index is 14.1. The summed E-state index contributed by atoms with van der Waals surface area (Å²) in [7, 11) is 3.11. The minimum absolute atomic E-state index is 0.0186. The number of Topliss-reactive ketones (excluding diaryl/α,β-unsaturated/α-hetero) is 5. The fraction of sp³-hybridized carbons (Fsp3) is 0.537. The largest absolute Gasteiger partial charge is 0.508 e. The number of phenols is 2. The van der Waals surface area contributed by atoms with Gasteiger partial charge in [0, 0.05) is 116 Å². The number of nitrogens with one attached hydrogen (secondary N) is 9. The molecule has 0 bridgehead atoms. The fourth-order valence-corrected chi connectivity index (χ4v) is 11.7. The lowest BCUT2D eigenvalue weighted by Crippen LogP contribution is -2.48. The van der Waals surface area contributed by atoms with Crippen molar-refractivity contribution in [3.05, 3.63) is 131 Å². The number of methoxy groups -OCH3 is 2. The van der Waals surface area contributed by atoms with E-state index < -0.39 is 143 Å². The Hall–Kier alpha value is -10.3. The second kappa shape index (κ2) is 62.0. The summed E-state index contributed by atoms with van der Waals surface area (Å²) in [5.74, 6) is -13.0. The Balaban J connectivity index is 0.000000767. The number of hydrogen-bond acceptors (Lipinski definition) is 26. The number of carbonyl (C=O) groups excluding carboxylic acids is 14. The van der Waals surface area contributed by atoms with Crippen LogP contribution in [0.15, 0.2) is 109 Å². The number of hydroxylamine groups is 4. The molecule has 4 rings (SSSR count). The van der Waals surface area contributed by atoms with Crippen LogP contribution in [0.4, 0.5) is 0 Å². The van der Waals surface area contributed by atoms with Gasteiger partial charge in [0.25, 0.3) is 0 Å². The van der Waals surface area contributed by atoms with Gasteiger partial charge in [-0.05, 0) is 111 Å². The maximum Gasteiger partial charge on any atom is 0.243 e. The van der Waals surface area contributed by atoms with Crippen molar-refractivity contribution in [2.75, 3.05) is 86.8 Å². The van der Waals surface area contributed by atoms with E-state index >= 15 is 0 Å². The number of carbonyl (C=O) groups is 14. The van der Waals surface area contributed by atoms with Crippen molar-refractivity contribution in [1.82, 2.24) is 48.5 Å². The van der Waals surface area contributed by atoms with Gasteiger partial charge in [-0.15, -0.1) is 0 Å². The Labute approximate surface area is 681 Å². The zero-order valence-corrected chi connectivity index (χ0v) is 67.6. The van der Waals surface area contributed by atoms with E-state index in [2.05, 4.69) is 40.4 Å². The van der Waals surface area contributed by atoms with E-state index in [1.54, 1.807) is 99.1 Å². The number of hydrogen-bond donors (Lipinski definition) is 15. The summed E-state index contributed by atoms with van der Waals surface area (Å²) in [4.78, 5) is 182. The third-order valence-corrected chi connectivity index (χ3v) is 17.8. The molecule has 0 aliphatic heterocycles. The molecule has 4 aromatic carbocycles. The standard InChI is InChI=1S/C40H56N4O13.C39H55N5O13.C3H8/c1-27(45)23-31(24-29-10-13-32(46)14-11-29)40(52)42-34(25-28-7-4-3-5-8-28)36(48)26-30(12-16-37(49)43-53)39(51)41-33(15-17-38(50)44-54)35(47)9-6-18-56-21-22-57-20-19-55-2;1-26(45)41-33(23-28-8-11-31(46)12-9-28)35(48)25-30(22-27-6-4-3-5-7-27)39(52)42-32(13-15-37(50)44-54)34(47)24-29(10-14-36(49)43-53)38(51)40-16-17-56-20-21-57-19-18-55-2;1-3-2/h3-5,7-8,10-11,13-14,30-31,33-34,46,53-54H,6,9,12,15-26H2,1-2H3,(H,41,51)(H,42,52)(H,43,49)(H,44,50);3-9,11-12,29-30,32-33,46,53-54H,10,13-25H2,1-2H3,(H,40,51)(H,41,45)(H,42,52)(H,43,49)(H,44,50);3H2,1-2H3/t30-,31+,33-,34-;29?,30-,32+,33-;/m10./s1. The predicted octanol–water partition coefficient (Wildman–Crippen LogP) is 4.02. The van der Waals surface area contributed by atoms with E-state index in [1.165, 1.54) is 66.5 Å². The zero-order chi connectivity index (χ0) is 86.7. The Bertz CT molecular complexity index is 3400. The molecular formula is C82H119N9O26. The molecule has 0 aliphatic carbocycles. The first-order valence-corrected chi connectivity index (χ1v) is 38.8. The molecule has 15 N–H and O–H groups in total. The van der Waals surface area contributed by atoms with Crippen molar-refractivity contribution in [2.24, 2.45) is 23.7 Å². The monoisotopic (exact) mass is 1650 g/mol. The summed E-state index contributed by atoms with van der Waals surface area (Å²) in [5, 5.41) is 69.0. The van der Waals surface area contributed by atoms with E-state index in [0.717, 1.165) is 0 Å². The first kappa shape index (κ1) is 103. The molecule has 0 saturated carbocycles. The molecule has 0 spiro atoms. The second-order valence-corrected chi connectivity index (χ2v) is 27.6. The van der Waals surface area contributed by atoms with Gasteiger partial charge in [0.1, 0.15) is 17.3 Å². The molecule has 4 aromatic rings. The smallest absolute Gasteiger partial charge is 0.243 e. The van der Waals surface area contributed by atoms with Crippen molar-refractivity contribution >= 4 is 82.1 Å². The van der Waals surface area contributed by atoms with Gasteiger partial charge in [0.2, 0.25) is 53.2 Å². The number of ketones is 5. The highest BCUT2D eigenvalue weighted by Gasteiger charge is 2.36. The van der Waals surface area contributed by atoms with Gasteiger partial charge in [-0.1, -0.05) is 105 Å². The second-order valence-electron chi connectivity index (χ2n) is 27.6. The number of rotatable bonds is 59. The van der Waals surface area contributed by atoms with Crippen LogP contribution < -0.4 is 48.5 Å². The summed E-state index contributed by atoms with van der Waals surface area (Å²) in [6.45, 7) is 10.1. The molecule has 35 nitrogen and oxygen atoms in total. The number of ether oxygens (including phenoxy) is 6. The van der Waals surface area contributed by atoms with Gasteiger partial charge in [-0.2, -0.15) is 0 Å². The molecule has 1 unspecified atom stereocenters. The van der Waals surface area contributed by atoms with Gasteiger partial charge >= 0.3 is 0 Å². The minimum Gasteiger partial charge on any atom is -0.508 e. The Morgan fingerprint density at radius 2 is 0.667 bits per heavy atom. The number of benzene rings is 4. The SMILES string of the molecule is CCC.COCCOCCOCCCC(=O)[C@@H](CCC(=O)NO)NC(=O)[C@H](CCC(=O)NO)CC(=O)[C@@H](Cc1ccccc1)NC(=O)[C@@H](CC(C)=O)Cc1ccc(O)cc1.COCCOCCOCCNC(=O)C(CCC(=O)NO)CC(=O)[C@@H](CCC(=O)NO)NC(=O)[C@H](CC(=O)[C@H](Cc1ccc(O)cc1)NC(C)=O)Cc1ccccc1. The van der Waals surface area contributed by atoms with Crippen LogP contribution in [0.5, 0.6) is 11.5 Å². The third kappa shape index (κ3) is 46.9. The van der Waals surface area contributed by atoms with Crippen LogP contribution in [0, 0.1) is 23.7 Å². The fourth-order valence-electron chi connectivity index (χ4n) is 11.7. The van der Waals surface area contributed by atoms with Gasteiger partial charge in [0.15, 0.2) is 23.1 Å². The van der Waals surface area contributed by atoms with E-state index in [9.17, 15) is 77.3 Å². The molecular weight excluding hydrogens is 1530 g/mol. The van der Waals surface area contributed by atoms with Gasteiger partial charge in [-0.3, -0.25) is 83.2 Å². The van der Waals surface area contributed by atoms with Gasteiger partial charge < -0.3 is 70.0 Å². The molecule has 8 atom stereocenters. The molecule has 117 heavy (non-hydrogen) atoms. The summed E-state index contributed by atoms with van der Waals surface area (Å²) in [5.41, 5.74) is 8.65. The highest BCUT2D eigenvalue weighted by Crippen LogP contribution is 2.24. The Morgan fingerprint density at radius 3 is 1.09 bits per heavy atom. The molecule has 648 valence electrons. The number of phenolic OH excluding ortho intramolecular Hbond substituents is 2. The topological polar surface area (TPSA) is 524 Å². The average molecular weight is 1650 g/mol. The first-order valence-electron chi connectivity index (χ1n) is 38.8. The van der Waals surface area contributed by atoms with E-state index in [4.69, 9.17) is 49.3 Å². The van der Waals surface area contributed by atoms with E-state index in [1.807, 2.05) is 0 Å². The van der Waals surface area contributed by atoms with Crippen molar-refractivity contribution in [3.8, 4) is 11.5 Å². The van der Waals surface area contributed by atoms with Crippen LogP contribution in [0.3, 0.4) is 0 Å². The van der Waals surface area contributed by atoms with Crippen LogP contribution in [-0.4, -0.2) is 224 Å². The van der Waals surface area contributed by atoms with Crippen LogP contribution in [0.1, 0.15) is 146 Å². The zero-order valence-electron chi connectivity index (χ0n) is 67.6.